The van der Waals surface area contributed by atoms with Gasteiger partial charge in [-0.3, -0.25) is 4.40 Å². The average molecular weight is 382 g/mol. The van der Waals surface area contributed by atoms with E-state index in [1.54, 1.807) is 4.90 Å². The molecule has 2 aromatic carbocycles. The van der Waals surface area contributed by atoms with Gasteiger partial charge in [-0.2, -0.15) is 0 Å². The van der Waals surface area contributed by atoms with Crippen molar-refractivity contribution in [1.29, 1.82) is 0 Å². The van der Waals surface area contributed by atoms with Crippen LogP contribution in [-0.2, 0) is 11.3 Å². The highest BCUT2D eigenvalue weighted by molar-refractivity contribution is 6.30. The summed E-state index contributed by atoms with van der Waals surface area (Å²) in [4.78, 5) is 6.56. The topological polar surface area (TPSA) is 35.9 Å². The van der Waals surface area contributed by atoms with Crippen molar-refractivity contribution in [2.24, 2.45) is 0 Å². The number of nitrogens with one attached hydrogen (secondary N) is 1. The molecular weight excluding hydrogens is 360 g/mol. The number of benzene rings is 2. The van der Waals surface area contributed by atoms with Gasteiger partial charge in [0.1, 0.15) is 13.1 Å². The Balaban J connectivity index is 1.55. The summed E-state index contributed by atoms with van der Waals surface area (Å²) in [5.41, 5.74) is 4.48. The summed E-state index contributed by atoms with van der Waals surface area (Å²) in [7, 11) is 0. The number of hydrogen-bond acceptors (Lipinski definition) is 2. The molecule has 0 atom stereocenters. The van der Waals surface area contributed by atoms with Crippen molar-refractivity contribution in [1.82, 2.24) is 14.0 Å². The van der Waals surface area contributed by atoms with Crippen LogP contribution in [0.3, 0.4) is 0 Å². The third kappa shape index (κ3) is 3.12. The molecule has 0 spiro atoms. The molecule has 0 unspecified atom stereocenters. The van der Waals surface area contributed by atoms with Crippen LogP contribution in [0.5, 0.6) is 0 Å². The van der Waals surface area contributed by atoms with E-state index < -0.39 is 0 Å². The lowest BCUT2D eigenvalue weighted by Crippen LogP contribution is -3.14. The Bertz CT molecular complexity index is 1080. The fourth-order valence-corrected chi connectivity index (χ4v) is 4.03. The van der Waals surface area contributed by atoms with Gasteiger partial charge in [0.05, 0.1) is 43.0 Å². The maximum atomic E-state index is 6.03. The fourth-order valence-electron chi connectivity index (χ4n) is 3.90. The minimum atomic E-state index is 0.742. The molecule has 6 heteroatoms. The number of hydrogen-bond donors (Lipinski definition) is 1. The van der Waals surface area contributed by atoms with Crippen molar-refractivity contribution in [3.63, 3.8) is 0 Å². The molecular formula is C21H22ClN4O+. The number of rotatable bonds is 4. The van der Waals surface area contributed by atoms with E-state index >= 15 is 0 Å². The number of nitrogens with zero attached hydrogens (tertiary/aromatic N) is 3. The predicted molar refractivity (Wildman–Crippen MR) is 108 cm³/mol. The van der Waals surface area contributed by atoms with Crippen LogP contribution in [-0.4, -0.2) is 46.8 Å². The first-order chi connectivity index (χ1) is 13.3. The summed E-state index contributed by atoms with van der Waals surface area (Å²) >= 11 is 6.03. The Kier molecular flexibility index (Phi) is 4.36. The first-order valence-corrected chi connectivity index (χ1v) is 9.81. The van der Waals surface area contributed by atoms with Crippen LogP contribution < -0.4 is 4.90 Å². The van der Waals surface area contributed by atoms with Crippen molar-refractivity contribution >= 4 is 28.4 Å². The molecule has 0 amide bonds. The zero-order chi connectivity index (χ0) is 18.2. The summed E-state index contributed by atoms with van der Waals surface area (Å²) in [5, 5.41) is 0.742. The van der Waals surface area contributed by atoms with Crippen molar-refractivity contribution < 1.29 is 9.64 Å². The molecule has 0 radical (unpaired) electrons. The quantitative estimate of drug-likeness (QED) is 0.589. The van der Waals surface area contributed by atoms with E-state index in [1.165, 1.54) is 11.0 Å². The fraction of sp³-hybridized carbons (Fsp3) is 0.286. The van der Waals surface area contributed by atoms with Gasteiger partial charge >= 0.3 is 0 Å². The Hall–Kier alpha value is -2.34. The molecule has 138 valence electrons. The molecule has 27 heavy (non-hydrogen) atoms. The number of halogens is 1. The highest BCUT2D eigenvalue weighted by Crippen LogP contribution is 2.26. The van der Waals surface area contributed by atoms with Crippen LogP contribution in [0.1, 0.15) is 0 Å². The smallest absolute Gasteiger partial charge is 0.215 e. The van der Waals surface area contributed by atoms with Gasteiger partial charge < -0.3 is 14.2 Å². The van der Waals surface area contributed by atoms with Crippen LogP contribution in [0.25, 0.3) is 28.1 Å². The Morgan fingerprint density at radius 1 is 1.00 bits per heavy atom. The predicted octanol–water partition coefficient (Wildman–Crippen LogP) is 2.52. The number of imidazole rings is 2. The minimum Gasteiger partial charge on any atom is -0.370 e. The molecule has 5 rings (SSSR count). The molecule has 1 fully saturated rings. The van der Waals surface area contributed by atoms with E-state index in [4.69, 9.17) is 21.3 Å². The molecule has 1 aliphatic heterocycles. The van der Waals surface area contributed by atoms with E-state index in [-0.39, 0.29) is 0 Å². The second-order valence-electron chi connectivity index (χ2n) is 7.06. The SMILES string of the molecule is Clc1ccc(-c2cn3c4ccccc4n(CC[NH+]4CCOCC4)c3n2)cc1. The van der Waals surface area contributed by atoms with Crippen LogP contribution in [0, 0.1) is 0 Å². The van der Waals surface area contributed by atoms with Crippen LogP contribution in [0.15, 0.2) is 54.7 Å². The molecule has 1 N–H and O–H groups in total. The molecule has 4 aromatic rings. The standard InChI is InChI=1S/C21H21ClN4O/c22-17-7-5-16(6-8-17)18-15-26-20-4-2-1-3-19(20)25(21(26)23-18)10-9-24-11-13-27-14-12-24/h1-8,15H,9-14H2/p+1. The van der Waals surface area contributed by atoms with Gasteiger partial charge in [0, 0.05) is 16.8 Å². The van der Waals surface area contributed by atoms with Crippen LogP contribution in [0.4, 0.5) is 0 Å². The van der Waals surface area contributed by atoms with Gasteiger partial charge in [-0.05, 0) is 24.3 Å². The zero-order valence-electron chi connectivity index (χ0n) is 15.1. The summed E-state index contributed by atoms with van der Waals surface area (Å²) in [6.45, 7) is 5.92. The number of fused-ring (bicyclic) bond motifs is 3. The number of aromatic nitrogens is 3. The summed E-state index contributed by atoms with van der Waals surface area (Å²) in [6, 6.07) is 16.4. The zero-order valence-corrected chi connectivity index (χ0v) is 15.8. The summed E-state index contributed by atoms with van der Waals surface area (Å²) < 4.78 is 10.0. The Morgan fingerprint density at radius 2 is 1.74 bits per heavy atom. The van der Waals surface area contributed by atoms with E-state index in [1.807, 2.05) is 24.3 Å². The van der Waals surface area contributed by atoms with E-state index in [2.05, 4.69) is 39.4 Å². The van der Waals surface area contributed by atoms with Gasteiger partial charge in [-0.25, -0.2) is 4.98 Å². The van der Waals surface area contributed by atoms with Crippen molar-refractivity contribution in [3.8, 4) is 11.3 Å². The molecule has 1 aliphatic rings. The van der Waals surface area contributed by atoms with Gasteiger partial charge in [0.25, 0.3) is 0 Å². The monoisotopic (exact) mass is 381 g/mol. The molecule has 5 nitrogen and oxygen atoms in total. The van der Waals surface area contributed by atoms with Gasteiger partial charge in [0.15, 0.2) is 0 Å². The van der Waals surface area contributed by atoms with Gasteiger partial charge in [0.2, 0.25) is 5.78 Å². The maximum absolute atomic E-state index is 6.03. The van der Waals surface area contributed by atoms with Crippen molar-refractivity contribution in [3.05, 3.63) is 59.8 Å². The number of para-hydroxylation sites is 2. The van der Waals surface area contributed by atoms with Crippen molar-refractivity contribution in [2.45, 2.75) is 6.54 Å². The molecule has 0 aliphatic carbocycles. The van der Waals surface area contributed by atoms with E-state index in [0.717, 1.165) is 61.5 Å². The highest BCUT2D eigenvalue weighted by atomic mass is 35.5. The molecule has 3 heterocycles. The minimum absolute atomic E-state index is 0.742. The summed E-state index contributed by atoms with van der Waals surface area (Å²) in [5.74, 6) is 0.994. The highest BCUT2D eigenvalue weighted by Gasteiger charge is 2.18. The first kappa shape index (κ1) is 16.8. The lowest BCUT2D eigenvalue weighted by molar-refractivity contribution is -0.908. The van der Waals surface area contributed by atoms with Gasteiger partial charge in [-0.15, -0.1) is 0 Å². The first-order valence-electron chi connectivity index (χ1n) is 9.43. The normalized spacial score (nSPS) is 15.7. The lowest BCUT2D eigenvalue weighted by Gasteiger charge is -2.23. The maximum Gasteiger partial charge on any atom is 0.215 e. The third-order valence-electron chi connectivity index (χ3n) is 5.39. The third-order valence-corrected chi connectivity index (χ3v) is 5.64. The molecule has 0 bridgehead atoms. The second-order valence-corrected chi connectivity index (χ2v) is 7.49. The molecule has 0 saturated carbocycles. The van der Waals surface area contributed by atoms with Crippen LogP contribution >= 0.6 is 11.6 Å². The van der Waals surface area contributed by atoms with Crippen molar-refractivity contribution in [2.75, 3.05) is 32.8 Å². The van der Waals surface area contributed by atoms with Gasteiger partial charge in [-0.1, -0.05) is 35.9 Å². The number of morpholine rings is 1. The molecule has 2 aromatic heterocycles. The largest absolute Gasteiger partial charge is 0.370 e. The molecule has 1 saturated heterocycles. The van der Waals surface area contributed by atoms with E-state index in [0.29, 0.717) is 0 Å². The summed E-state index contributed by atoms with van der Waals surface area (Å²) in [6.07, 6.45) is 2.12. The average Bonchev–Trinajstić information content (AvgIpc) is 3.26. The van der Waals surface area contributed by atoms with Crippen LogP contribution in [0.2, 0.25) is 5.02 Å². The Morgan fingerprint density at radius 3 is 2.52 bits per heavy atom. The Labute approximate surface area is 162 Å². The van der Waals surface area contributed by atoms with E-state index in [9.17, 15) is 0 Å². The number of quaternary nitrogens is 1. The number of ether oxygens (including phenoxy) is 1. The second kappa shape index (κ2) is 7.00. The lowest BCUT2D eigenvalue weighted by atomic mass is 10.2.